The third-order valence-corrected chi connectivity index (χ3v) is 6.48. The zero-order chi connectivity index (χ0) is 19.3. The zero-order valence-corrected chi connectivity index (χ0v) is 17.1. The Balaban J connectivity index is 1.25. The molecule has 0 bridgehead atoms. The summed E-state index contributed by atoms with van der Waals surface area (Å²) in [6.45, 7) is 2.89. The van der Waals surface area contributed by atoms with Crippen LogP contribution in [0.15, 0.2) is 23.6 Å². The van der Waals surface area contributed by atoms with Crippen molar-refractivity contribution >= 4 is 45.6 Å². The van der Waals surface area contributed by atoms with Crippen molar-refractivity contribution in [1.29, 1.82) is 0 Å². The molecule has 1 aromatic heterocycles. The first-order valence-corrected chi connectivity index (χ1v) is 11.5. The zero-order valence-electron chi connectivity index (χ0n) is 15.5. The van der Waals surface area contributed by atoms with Crippen LogP contribution in [0.3, 0.4) is 0 Å². The number of thiazole rings is 1. The molecule has 1 N–H and O–H groups in total. The van der Waals surface area contributed by atoms with Crippen LogP contribution in [-0.4, -0.2) is 71.7 Å². The summed E-state index contributed by atoms with van der Waals surface area (Å²) in [5.74, 6) is 0.567. The average Bonchev–Trinajstić information content (AvgIpc) is 3.40. The summed E-state index contributed by atoms with van der Waals surface area (Å²) >= 11 is 2.73. The van der Waals surface area contributed by atoms with Gasteiger partial charge in [0.15, 0.2) is 5.13 Å². The maximum absolute atomic E-state index is 12.1. The lowest BCUT2D eigenvalue weighted by atomic mass is 10.00. The number of hydrogen-bond acceptors (Lipinski definition) is 7. The van der Waals surface area contributed by atoms with E-state index in [9.17, 15) is 9.59 Å². The molecule has 3 heterocycles. The van der Waals surface area contributed by atoms with Crippen LogP contribution in [0, 0.1) is 0 Å². The quantitative estimate of drug-likeness (QED) is 0.758. The normalized spacial score (nSPS) is 24.0. The van der Waals surface area contributed by atoms with Crippen LogP contribution >= 0.6 is 23.1 Å². The van der Waals surface area contributed by atoms with Crippen LogP contribution in [0.1, 0.15) is 18.5 Å². The first-order valence-electron chi connectivity index (χ1n) is 9.43. The molecule has 2 saturated heterocycles. The summed E-state index contributed by atoms with van der Waals surface area (Å²) in [6.07, 6.45) is 8.03. The molecule has 1 aromatic rings. The number of aromatic nitrogens is 1. The van der Waals surface area contributed by atoms with Gasteiger partial charge in [0, 0.05) is 18.5 Å². The molecule has 2 aliphatic heterocycles. The topological polar surface area (TPSA) is 80.8 Å². The van der Waals surface area contributed by atoms with Crippen molar-refractivity contribution in [3.63, 3.8) is 0 Å². The van der Waals surface area contributed by atoms with E-state index in [1.54, 1.807) is 0 Å². The Morgan fingerprint density at radius 2 is 2.00 bits per heavy atom. The van der Waals surface area contributed by atoms with Crippen molar-refractivity contribution < 1.29 is 19.1 Å². The van der Waals surface area contributed by atoms with Gasteiger partial charge in [0.25, 0.3) is 0 Å². The van der Waals surface area contributed by atoms with Crippen molar-refractivity contribution in [3.05, 3.63) is 29.3 Å². The number of nitrogens with zero attached hydrogens (tertiary/aromatic N) is 2. The summed E-state index contributed by atoms with van der Waals surface area (Å²) in [4.78, 5) is 30.5. The Hall–Kier alpha value is -1.68. The number of likely N-dealkylation sites (tertiary alicyclic amines) is 1. The van der Waals surface area contributed by atoms with Gasteiger partial charge in [0.2, 0.25) is 11.8 Å². The average molecular weight is 422 g/mol. The minimum atomic E-state index is -0.141. The predicted octanol–water partition coefficient (Wildman–Crippen LogP) is 2.17. The van der Waals surface area contributed by atoms with Gasteiger partial charge >= 0.3 is 0 Å². The molecule has 3 aliphatic rings. The number of allylic oxidation sites excluding steroid dienone is 2. The Morgan fingerprint density at radius 3 is 2.82 bits per heavy atom. The molecular formula is C19H23N3O4S2. The molecule has 2 amide bonds. The van der Waals surface area contributed by atoms with E-state index in [4.69, 9.17) is 9.47 Å². The number of nitrogens with one attached hydrogen (secondary N) is 1. The van der Waals surface area contributed by atoms with Crippen LogP contribution in [0.5, 0.6) is 0 Å². The summed E-state index contributed by atoms with van der Waals surface area (Å²) in [6, 6.07) is 0. The number of amides is 2. The van der Waals surface area contributed by atoms with Gasteiger partial charge in [0.1, 0.15) is 12.2 Å². The van der Waals surface area contributed by atoms with Crippen molar-refractivity contribution in [2.24, 2.45) is 0 Å². The fraction of sp³-hybridized carbons (Fsp3) is 0.526. The van der Waals surface area contributed by atoms with Gasteiger partial charge in [0.05, 0.1) is 30.4 Å². The Morgan fingerprint density at radius 1 is 1.21 bits per heavy atom. The first-order chi connectivity index (χ1) is 13.7. The number of thioether (sulfide) groups is 1. The first kappa shape index (κ1) is 19.6. The molecule has 2 unspecified atom stereocenters. The minimum absolute atomic E-state index is 0.0318. The van der Waals surface area contributed by atoms with Crippen molar-refractivity contribution in [2.45, 2.75) is 25.0 Å². The van der Waals surface area contributed by atoms with E-state index in [0.717, 1.165) is 37.2 Å². The van der Waals surface area contributed by atoms with Gasteiger partial charge < -0.3 is 19.7 Å². The van der Waals surface area contributed by atoms with Gasteiger partial charge in [-0.25, -0.2) is 4.98 Å². The van der Waals surface area contributed by atoms with Crippen molar-refractivity contribution in [3.8, 4) is 0 Å². The van der Waals surface area contributed by atoms with Crippen LogP contribution in [0.4, 0.5) is 5.13 Å². The molecule has 2 atom stereocenters. The molecule has 0 aromatic carbocycles. The van der Waals surface area contributed by atoms with E-state index in [-0.39, 0.29) is 29.8 Å². The highest BCUT2D eigenvalue weighted by Crippen LogP contribution is 2.28. The maximum atomic E-state index is 12.1. The van der Waals surface area contributed by atoms with Crippen LogP contribution in [0.2, 0.25) is 0 Å². The number of fused-ring (bicyclic) bond motifs is 1. The Kier molecular flexibility index (Phi) is 6.46. The molecular weight excluding hydrogens is 398 g/mol. The second-order valence-corrected chi connectivity index (χ2v) is 8.66. The molecule has 0 spiro atoms. The molecule has 28 heavy (non-hydrogen) atoms. The van der Waals surface area contributed by atoms with Gasteiger partial charge in [-0.05, 0) is 24.5 Å². The van der Waals surface area contributed by atoms with Crippen molar-refractivity contribution in [2.75, 3.05) is 43.1 Å². The molecule has 7 nitrogen and oxygen atoms in total. The van der Waals surface area contributed by atoms with E-state index < -0.39 is 0 Å². The fourth-order valence-corrected chi connectivity index (χ4v) is 4.83. The third-order valence-electron chi connectivity index (χ3n) is 4.80. The van der Waals surface area contributed by atoms with Crippen LogP contribution in [-0.2, 0) is 19.1 Å². The maximum Gasteiger partial charge on any atom is 0.236 e. The van der Waals surface area contributed by atoms with Gasteiger partial charge in [-0.2, -0.15) is 0 Å². The molecule has 0 radical (unpaired) electrons. The number of ether oxygens (including phenoxy) is 2. The smallest absolute Gasteiger partial charge is 0.236 e. The summed E-state index contributed by atoms with van der Waals surface area (Å²) in [5.41, 5.74) is 1.77. The SMILES string of the molecule is O=C(CSCC(=O)N1CCCC1)Nc1nc(C2=CC3OCCOC3C=C2)cs1. The summed E-state index contributed by atoms with van der Waals surface area (Å²) in [7, 11) is 0. The highest BCUT2D eigenvalue weighted by Gasteiger charge is 2.26. The second kappa shape index (κ2) is 9.21. The van der Waals surface area contributed by atoms with Crippen LogP contribution < -0.4 is 5.32 Å². The molecule has 9 heteroatoms. The standard InChI is InChI=1S/C19H23N3O4S2/c23-17(11-27-12-18(24)22-5-1-2-6-22)21-19-20-14(10-28-19)13-3-4-15-16(9-13)26-8-7-25-15/h3-4,9-10,15-16H,1-2,5-8,11-12H2,(H,20,21,23). The highest BCUT2D eigenvalue weighted by molar-refractivity contribution is 8.00. The Bertz CT molecular complexity index is 786. The van der Waals surface area contributed by atoms with E-state index in [1.807, 2.05) is 28.5 Å². The van der Waals surface area contributed by atoms with Gasteiger partial charge in [-0.3, -0.25) is 9.59 Å². The van der Waals surface area contributed by atoms with E-state index in [1.165, 1.54) is 23.1 Å². The lowest BCUT2D eigenvalue weighted by Gasteiger charge is -2.30. The predicted molar refractivity (Wildman–Crippen MR) is 110 cm³/mol. The van der Waals surface area contributed by atoms with Gasteiger partial charge in [-0.1, -0.05) is 12.2 Å². The lowest BCUT2D eigenvalue weighted by Crippen LogP contribution is -2.37. The lowest BCUT2D eigenvalue weighted by molar-refractivity contribution is -0.127. The molecule has 0 saturated carbocycles. The molecule has 150 valence electrons. The fourth-order valence-electron chi connectivity index (χ4n) is 3.38. The monoisotopic (exact) mass is 421 g/mol. The van der Waals surface area contributed by atoms with Crippen molar-refractivity contribution in [1.82, 2.24) is 9.88 Å². The van der Waals surface area contributed by atoms with Crippen LogP contribution in [0.25, 0.3) is 5.57 Å². The minimum Gasteiger partial charge on any atom is -0.369 e. The summed E-state index contributed by atoms with van der Waals surface area (Å²) < 4.78 is 11.4. The van der Waals surface area contributed by atoms with E-state index >= 15 is 0 Å². The van der Waals surface area contributed by atoms with E-state index in [0.29, 0.717) is 24.1 Å². The molecule has 1 aliphatic carbocycles. The number of carbonyl (C=O) groups excluding carboxylic acids is 2. The third kappa shape index (κ3) is 4.83. The highest BCUT2D eigenvalue weighted by atomic mass is 32.2. The summed E-state index contributed by atoms with van der Waals surface area (Å²) in [5, 5.41) is 5.29. The number of carbonyl (C=O) groups is 2. The number of hydrogen-bond donors (Lipinski definition) is 1. The molecule has 2 fully saturated rings. The second-order valence-electron chi connectivity index (χ2n) is 6.82. The number of anilines is 1. The van der Waals surface area contributed by atoms with E-state index in [2.05, 4.69) is 10.3 Å². The number of rotatable bonds is 6. The largest absolute Gasteiger partial charge is 0.369 e. The Labute approximate surface area is 172 Å². The molecule has 4 rings (SSSR count). The van der Waals surface area contributed by atoms with Gasteiger partial charge in [-0.15, -0.1) is 23.1 Å².